The molecule has 0 saturated carbocycles. The molecule has 1 aliphatic rings. The number of urea groups is 1. The van der Waals surface area contributed by atoms with Gasteiger partial charge in [0.15, 0.2) is 0 Å². The van der Waals surface area contributed by atoms with Crippen molar-refractivity contribution in [3.05, 3.63) is 89.0 Å². The van der Waals surface area contributed by atoms with Crippen LogP contribution in [0, 0.1) is 6.92 Å². The number of hydrogen-bond donors (Lipinski definition) is 2. The highest BCUT2D eigenvalue weighted by Gasteiger charge is 2.33. The van der Waals surface area contributed by atoms with Gasteiger partial charge in [-0.3, -0.25) is 4.79 Å². The molecule has 0 bridgehead atoms. The van der Waals surface area contributed by atoms with Crippen molar-refractivity contribution >= 4 is 29.0 Å². The zero-order chi connectivity index (χ0) is 22.9. The number of halogens is 3. The highest BCUT2D eigenvalue weighted by atomic mass is 19.4. The molecule has 0 saturated heterocycles. The Labute approximate surface area is 182 Å². The van der Waals surface area contributed by atoms with Gasteiger partial charge in [0, 0.05) is 23.5 Å². The van der Waals surface area contributed by atoms with Gasteiger partial charge >= 0.3 is 12.2 Å². The summed E-state index contributed by atoms with van der Waals surface area (Å²) in [5.74, 6) is -0.149. The second-order valence-corrected chi connectivity index (χ2v) is 7.54. The van der Waals surface area contributed by atoms with Gasteiger partial charge in [0.1, 0.15) is 0 Å². The lowest BCUT2D eigenvalue weighted by Crippen LogP contribution is -2.29. The minimum absolute atomic E-state index is 0.149. The van der Waals surface area contributed by atoms with Crippen LogP contribution in [0.1, 0.15) is 27.0 Å². The number of benzene rings is 3. The van der Waals surface area contributed by atoms with E-state index in [-0.39, 0.29) is 11.6 Å². The normalized spacial score (nSPS) is 12.9. The molecular weight excluding hydrogens is 419 g/mol. The molecule has 2 N–H and O–H groups in total. The lowest BCUT2D eigenvalue weighted by atomic mass is 10.1. The van der Waals surface area contributed by atoms with Crippen LogP contribution < -0.4 is 15.5 Å². The molecule has 0 unspecified atom stereocenters. The van der Waals surface area contributed by atoms with Crippen molar-refractivity contribution in [1.29, 1.82) is 0 Å². The quantitative estimate of drug-likeness (QED) is 0.537. The molecule has 0 aliphatic carbocycles. The second-order valence-electron chi connectivity index (χ2n) is 7.54. The molecule has 4 rings (SSSR count). The van der Waals surface area contributed by atoms with E-state index >= 15 is 0 Å². The fourth-order valence-corrected chi connectivity index (χ4v) is 3.64. The van der Waals surface area contributed by atoms with Crippen molar-refractivity contribution < 1.29 is 22.8 Å². The van der Waals surface area contributed by atoms with Gasteiger partial charge in [-0.1, -0.05) is 35.9 Å². The number of amides is 3. The van der Waals surface area contributed by atoms with Crippen LogP contribution in [0.4, 0.5) is 35.0 Å². The smallest absolute Gasteiger partial charge is 0.308 e. The molecule has 0 fully saturated rings. The first-order valence-electron chi connectivity index (χ1n) is 9.98. The molecule has 8 heteroatoms. The van der Waals surface area contributed by atoms with Gasteiger partial charge in [0.2, 0.25) is 0 Å². The summed E-state index contributed by atoms with van der Waals surface area (Å²) in [5.41, 5.74) is 2.34. The van der Waals surface area contributed by atoms with E-state index in [1.807, 2.05) is 19.1 Å². The first kappa shape index (κ1) is 21.4. The Bertz CT molecular complexity index is 1170. The number of hydrogen-bond acceptors (Lipinski definition) is 2. The maximum absolute atomic E-state index is 13.1. The molecule has 3 aromatic carbocycles. The van der Waals surface area contributed by atoms with Crippen molar-refractivity contribution in [3.8, 4) is 0 Å². The summed E-state index contributed by atoms with van der Waals surface area (Å²) in [7, 11) is 0. The summed E-state index contributed by atoms with van der Waals surface area (Å²) in [6, 6.07) is 16.3. The zero-order valence-corrected chi connectivity index (χ0v) is 17.2. The van der Waals surface area contributed by atoms with Gasteiger partial charge in [0.25, 0.3) is 5.91 Å². The molecular formula is C24H20F3N3O2. The van der Waals surface area contributed by atoms with Crippen molar-refractivity contribution in [2.24, 2.45) is 0 Å². The third-order valence-electron chi connectivity index (χ3n) is 5.26. The Morgan fingerprint density at radius 3 is 2.38 bits per heavy atom. The standard InChI is InChI=1S/C24H20F3N3O2/c1-15-6-8-17(9-7-15)22(31)30-13-12-16-10-11-18(14-21(16)30)28-23(32)29-20-5-3-2-4-19(20)24(25,26)27/h2-11,14H,12-13H2,1H3,(H2,28,29,32). The van der Waals surface area contributed by atoms with E-state index in [1.54, 1.807) is 35.2 Å². The SMILES string of the molecule is Cc1ccc(C(=O)N2CCc3ccc(NC(=O)Nc4ccccc4C(F)(F)F)cc32)cc1. The van der Waals surface area contributed by atoms with Crippen molar-refractivity contribution in [1.82, 2.24) is 0 Å². The summed E-state index contributed by atoms with van der Waals surface area (Å²) in [5, 5.41) is 4.80. The number of carbonyl (C=O) groups is 2. The largest absolute Gasteiger partial charge is 0.418 e. The Morgan fingerprint density at radius 2 is 1.66 bits per heavy atom. The minimum Gasteiger partial charge on any atom is -0.308 e. The molecule has 32 heavy (non-hydrogen) atoms. The topological polar surface area (TPSA) is 61.4 Å². The van der Waals surface area contributed by atoms with Crippen LogP contribution >= 0.6 is 0 Å². The summed E-state index contributed by atoms with van der Waals surface area (Å²) >= 11 is 0. The highest BCUT2D eigenvalue weighted by Crippen LogP contribution is 2.35. The Hall–Kier alpha value is -3.81. The zero-order valence-electron chi connectivity index (χ0n) is 17.2. The summed E-state index contributed by atoms with van der Waals surface area (Å²) in [4.78, 5) is 26.9. The van der Waals surface area contributed by atoms with Gasteiger partial charge in [-0.15, -0.1) is 0 Å². The van der Waals surface area contributed by atoms with Crippen molar-refractivity contribution in [2.45, 2.75) is 19.5 Å². The van der Waals surface area contributed by atoms with E-state index in [0.717, 1.165) is 17.2 Å². The number of aryl methyl sites for hydroxylation is 1. The monoisotopic (exact) mass is 439 g/mol. The van der Waals surface area contributed by atoms with Crippen molar-refractivity contribution in [2.75, 3.05) is 22.1 Å². The number of nitrogens with zero attached hydrogens (tertiary/aromatic N) is 1. The maximum atomic E-state index is 13.1. The maximum Gasteiger partial charge on any atom is 0.418 e. The second kappa shape index (κ2) is 8.37. The summed E-state index contributed by atoms with van der Waals surface area (Å²) in [6.07, 6.45) is -3.91. The molecule has 0 atom stereocenters. The average Bonchev–Trinajstić information content (AvgIpc) is 3.16. The Kier molecular flexibility index (Phi) is 5.61. The van der Waals surface area contributed by atoms with Crippen LogP contribution in [-0.4, -0.2) is 18.5 Å². The third kappa shape index (κ3) is 4.44. The van der Waals surface area contributed by atoms with Crippen LogP contribution in [0.15, 0.2) is 66.7 Å². The van der Waals surface area contributed by atoms with Gasteiger partial charge in [-0.05, 0) is 55.3 Å². The number of anilines is 3. The van der Waals surface area contributed by atoms with E-state index in [0.29, 0.717) is 29.9 Å². The first-order valence-corrected chi connectivity index (χ1v) is 9.98. The minimum atomic E-state index is -4.59. The van der Waals surface area contributed by atoms with Crippen LogP contribution in [0.2, 0.25) is 0 Å². The molecule has 164 valence electrons. The predicted molar refractivity (Wildman–Crippen MR) is 117 cm³/mol. The average molecular weight is 439 g/mol. The summed E-state index contributed by atoms with van der Waals surface area (Å²) < 4.78 is 39.4. The molecule has 3 amide bonds. The molecule has 0 aromatic heterocycles. The molecule has 0 radical (unpaired) electrons. The molecule has 1 heterocycles. The Balaban J connectivity index is 1.51. The van der Waals surface area contributed by atoms with Crippen molar-refractivity contribution in [3.63, 3.8) is 0 Å². The number of carbonyl (C=O) groups excluding carboxylic acids is 2. The van der Waals surface area contributed by atoms with Crippen LogP contribution in [0.5, 0.6) is 0 Å². The van der Waals surface area contributed by atoms with E-state index in [1.165, 1.54) is 18.2 Å². The molecule has 5 nitrogen and oxygen atoms in total. The number of para-hydroxylation sites is 1. The number of alkyl halides is 3. The van der Waals surface area contributed by atoms with Crippen LogP contribution in [-0.2, 0) is 12.6 Å². The molecule has 0 spiro atoms. The lowest BCUT2D eigenvalue weighted by Gasteiger charge is -2.19. The van der Waals surface area contributed by atoms with Gasteiger partial charge in [0.05, 0.1) is 11.3 Å². The third-order valence-corrected chi connectivity index (χ3v) is 5.26. The summed E-state index contributed by atoms with van der Waals surface area (Å²) in [6.45, 7) is 2.45. The van der Waals surface area contributed by atoms with E-state index in [4.69, 9.17) is 0 Å². The van der Waals surface area contributed by atoms with E-state index in [2.05, 4.69) is 10.6 Å². The number of fused-ring (bicyclic) bond motifs is 1. The fourth-order valence-electron chi connectivity index (χ4n) is 3.64. The van der Waals surface area contributed by atoms with Crippen LogP contribution in [0.3, 0.4) is 0 Å². The highest BCUT2D eigenvalue weighted by molar-refractivity contribution is 6.08. The van der Waals surface area contributed by atoms with Gasteiger partial charge in [-0.2, -0.15) is 13.2 Å². The van der Waals surface area contributed by atoms with Gasteiger partial charge < -0.3 is 15.5 Å². The fraction of sp³-hybridized carbons (Fsp3) is 0.167. The van der Waals surface area contributed by atoms with Gasteiger partial charge in [-0.25, -0.2) is 4.79 Å². The van der Waals surface area contributed by atoms with Crippen LogP contribution in [0.25, 0.3) is 0 Å². The lowest BCUT2D eigenvalue weighted by molar-refractivity contribution is -0.136. The van der Waals surface area contributed by atoms with E-state index < -0.39 is 17.8 Å². The number of nitrogens with one attached hydrogen (secondary N) is 2. The Morgan fingerprint density at radius 1 is 0.938 bits per heavy atom. The first-order chi connectivity index (χ1) is 15.2. The molecule has 1 aliphatic heterocycles. The van der Waals surface area contributed by atoms with E-state index in [9.17, 15) is 22.8 Å². The molecule has 3 aromatic rings. The number of rotatable bonds is 3. The predicted octanol–water partition coefficient (Wildman–Crippen LogP) is 5.86.